The van der Waals surface area contributed by atoms with Gasteiger partial charge in [0.2, 0.25) is 11.8 Å². The Morgan fingerprint density at radius 2 is 2.05 bits per heavy atom. The van der Waals surface area contributed by atoms with Crippen molar-refractivity contribution in [2.75, 3.05) is 37.4 Å². The van der Waals surface area contributed by atoms with Crippen LogP contribution >= 0.6 is 0 Å². The molecule has 1 aromatic carbocycles. The summed E-state index contributed by atoms with van der Waals surface area (Å²) in [6.07, 6.45) is 0.823. The molecule has 1 saturated heterocycles. The Balaban J connectivity index is 2.00. The van der Waals surface area contributed by atoms with Crippen LogP contribution in [-0.2, 0) is 14.3 Å². The van der Waals surface area contributed by atoms with Gasteiger partial charge in [0.25, 0.3) is 0 Å². The maximum atomic E-state index is 12.3. The highest BCUT2D eigenvalue weighted by atomic mass is 16.5. The first-order valence-electron chi connectivity index (χ1n) is 6.94. The second kappa shape index (κ2) is 6.69. The van der Waals surface area contributed by atoms with Gasteiger partial charge in [-0.05, 0) is 38.1 Å². The van der Waals surface area contributed by atoms with Crippen molar-refractivity contribution in [2.24, 2.45) is 5.41 Å². The van der Waals surface area contributed by atoms with Crippen molar-refractivity contribution in [1.82, 2.24) is 5.32 Å². The fourth-order valence-electron chi connectivity index (χ4n) is 2.30. The van der Waals surface area contributed by atoms with Gasteiger partial charge in [0, 0.05) is 25.0 Å². The van der Waals surface area contributed by atoms with Crippen LogP contribution < -0.4 is 16.0 Å². The minimum absolute atomic E-state index is 0.000325. The van der Waals surface area contributed by atoms with Gasteiger partial charge in [0.15, 0.2) is 0 Å². The molecule has 114 valence electrons. The number of hydrogen-bond donors (Lipinski definition) is 3. The van der Waals surface area contributed by atoms with Crippen LogP contribution in [0.5, 0.6) is 0 Å². The fraction of sp³-hybridized carbons (Fsp3) is 0.467. The molecule has 1 aliphatic rings. The maximum absolute atomic E-state index is 12.3. The lowest BCUT2D eigenvalue weighted by Crippen LogP contribution is -2.35. The lowest BCUT2D eigenvalue weighted by molar-refractivity contribution is -0.123. The van der Waals surface area contributed by atoms with Crippen LogP contribution in [0, 0.1) is 5.41 Å². The predicted molar refractivity (Wildman–Crippen MR) is 81.2 cm³/mol. The zero-order chi connectivity index (χ0) is 15.3. The summed E-state index contributed by atoms with van der Waals surface area (Å²) in [6.45, 7) is 3.49. The van der Waals surface area contributed by atoms with Crippen molar-refractivity contribution < 1.29 is 14.3 Å². The van der Waals surface area contributed by atoms with Gasteiger partial charge < -0.3 is 20.7 Å². The molecule has 0 radical (unpaired) electrons. The Hall–Kier alpha value is -1.92. The molecule has 0 bridgehead atoms. The van der Waals surface area contributed by atoms with E-state index < -0.39 is 0 Å². The number of carbonyl (C=O) groups is 2. The van der Waals surface area contributed by atoms with E-state index in [1.54, 1.807) is 24.3 Å². The highest BCUT2D eigenvalue weighted by molar-refractivity contribution is 5.97. The summed E-state index contributed by atoms with van der Waals surface area (Å²) >= 11 is 0. The van der Waals surface area contributed by atoms with Gasteiger partial charge >= 0.3 is 0 Å². The smallest absolute Gasteiger partial charge is 0.250 e. The molecule has 0 aromatic heterocycles. The zero-order valence-electron chi connectivity index (χ0n) is 12.4. The Labute approximate surface area is 124 Å². The molecule has 6 heteroatoms. The van der Waals surface area contributed by atoms with Crippen LogP contribution in [0.1, 0.15) is 13.3 Å². The third-order valence-corrected chi connectivity index (χ3v) is 3.60. The number of carbonyl (C=O) groups excluding carboxylic acids is 2. The van der Waals surface area contributed by atoms with E-state index in [2.05, 4.69) is 16.0 Å². The highest BCUT2D eigenvalue weighted by Gasteiger charge is 2.36. The van der Waals surface area contributed by atoms with Crippen LogP contribution in [0.25, 0.3) is 0 Å². The number of ether oxygens (including phenoxy) is 1. The molecule has 1 fully saturated rings. The molecule has 1 heterocycles. The van der Waals surface area contributed by atoms with Crippen molar-refractivity contribution in [1.29, 1.82) is 0 Å². The maximum Gasteiger partial charge on any atom is 0.250 e. The van der Waals surface area contributed by atoms with Crippen molar-refractivity contribution in [2.45, 2.75) is 13.3 Å². The van der Waals surface area contributed by atoms with Gasteiger partial charge in [-0.25, -0.2) is 0 Å². The van der Waals surface area contributed by atoms with Crippen LogP contribution in [0.15, 0.2) is 24.3 Å². The topological polar surface area (TPSA) is 79.5 Å². The predicted octanol–water partition coefficient (Wildman–Crippen LogP) is 1.21. The average Bonchev–Trinajstić information content (AvgIpc) is 2.88. The number of benzene rings is 1. The molecule has 21 heavy (non-hydrogen) atoms. The summed E-state index contributed by atoms with van der Waals surface area (Å²) in [4.78, 5) is 23.8. The third kappa shape index (κ3) is 4.03. The molecule has 2 rings (SSSR count). The van der Waals surface area contributed by atoms with E-state index in [0.29, 0.717) is 17.9 Å². The summed E-state index contributed by atoms with van der Waals surface area (Å²) in [6, 6.07) is 7.09. The molecule has 3 N–H and O–H groups in total. The van der Waals surface area contributed by atoms with E-state index in [1.165, 1.54) is 7.11 Å². The number of methoxy groups -OCH3 is 1. The van der Waals surface area contributed by atoms with Crippen LogP contribution in [-0.4, -0.2) is 38.6 Å². The summed E-state index contributed by atoms with van der Waals surface area (Å²) in [5, 5.41) is 8.82. The molecule has 1 unspecified atom stereocenters. The van der Waals surface area contributed by atoms with E-state index in [1.807, 2.05) is 6.92 Å². The van der Waals surface area contributed by atoms with E-state index >= 15 is 0 Å². The number of anilines is 2. The van der Waals surface area contributed by atoms with Gasteiger partial charge in [0.1, 0.15) is 6.61 Å². The molecular formula is C15H21N3O3. The Morgan fingerprint density at radius 3 is 2.67 bits per heavy atom. The normalized spacial score (nSPS) is 21.0. The molecule has 1 aliphatic heterocycles. The quantitative estimate of drug-likeness (QED) is 0.762. The second-order valence-electron chi connectivity index (χ2n) is 5.50. The number of nitrogens with one attached hydrogen (secondary N) is 3. The average molecular weight is 291 g/mol. The Kier molecular flexibility index (Phi) is 4.93. The molecule has 0 spiro atoms. The number of amides is 2. The van der Waals surface area contributed by atoms with Crippen molar-refractivity contribution in [3.05, 3.63) is 24.3 Å². The monoisotopic (exact) mass is 291 g/mol. The van der Waals surface area contributed by atoms with Gasteiger partial charge in [-0.3, -0.25) is 9.59 Å². The van der Waals surface area contributed by atoms with Crippen molar-refractivity contribution >= 4 is 23.2 Å². The van der Waals surface area contributed by atoms with Crippen molar-refractivity contribution in [3.63, 3.8) is 0 Å². The molecule has 0 aliphatic carbocycles. The van der Waals surface area contributed by atoms with E-state index in [4.69, 9.17) is 4.74 Å². The molecular weight excluding hydrogens is 270 g/mol. The first-order chi connectivity index (χ1) is 10.0. The lowest BCUT2D eigenvalue weighted by atomic mass is 9.89. The Bertz CT molecular complexity index is 525. The summed E-state index contributed by atoms with van der Waals surface area (Å²) < 4.78 is 4.76. The molecule has 0 saturated carbocycles. The van der Waals surface area contributed by atoms with E-state index in [0.717, 1.165) is 13.0 Å². The standard InChI is InChI=1S/C15H21N3O3/c1-15(6-7-16-10-15)14(20)18-12-5-3-4-11(8-12)17-13(19)9-21-2/h3-5,8,16H,6-7,9-10H2,1-2H3,(H,17,19)(H,18,20). The highest BCUT2D eigenvalue weighted by Crippen LogP contribution is 2.27. The molecule has 2 amide bonds. The third-order valence-electron chi connectivity index (χ3n) is 3.60. The van der Waals surface area contributed by atoms with Crippen LogP contribution in [0.2, 0.25) is 0 Å². The van der Waals surface area contributed by atoms with Gasteiger partial charge in [0.05, 0.1) is 5.41 Å². The van der Waals surface area contributed by atoms with Gasteiger partial charge in [-0.2, -0.15) is 0 Å². The lowest BCUT2D eigenvalue weighted by Gasteiger charge is -2.21. The van der Waals surface area contributed by atoms with Gasteiger partial charge in [-0.15, -0.1) is 0 Å². The van der Waals surface area contributed by atoms with Crippen LogP contribution in [0.3, 0.4) is 0 Å². The Morgan fingerprint density at radius 1 is 1.33 bits per heavy atom. The van der Waals surface area contributed by atoms with Crippen LogP contribution in [0.4, 0.5) is 11.4 Å². The number of hydrogen-bond acceptors (Lipinski definition) is 4. The number of rotatable bonds is 5. The molecule has 1 aromatic rings. The summed E-state index contributed by atoms with van der Waals surface area (Å²) in [7, 11) is 1.46. The zero-order valence-corrected chi connectivity index (χ0v) is 12.4. The second-order valence-corrected chi connectivity index (χ2v) is 5.50. The van der Waals surface area contributed by atoms with E-state index in [-0.39, 0.29) is 23.8 Å². The minimum atomic E-state index is -0.380. The van der Waals surface area contributed by atoms with Crippen molar-refractivity contribution in [3.8, 4) is 0 Å². The summed E-state index contributed by atoms with van der Waals surface area (Å²) in [5.74, 6) is -0.235. The van der Waals surface area contributed by atoms with Gasteiger partial charge in [-0.1, -0.05) is 6.07 Å². The largest absolute Gasteiger partial charge is 0.375 e. The first-order valence-corrected chi connectivity index (χ1v) is 6.94. The molecule has 1 atom stereocenters. The minimum Gasteiger partial charge on any atom is -0.375 e. The molecule has 6 nitrogen and oxygen atoms in total. The first kappa shape index (κ1) is 15.5. The van der Waals surface area contributed by atoms with E-state index in [9.17, 15) is 9.59 Å². The fourth-order valence-corrected chi connectivity index (χ4v) is 2.30. The summed E-state index contributed by atoms with van der Waals surface area (Å²) in [5.41, 5.74) is 0.919. The SMILES string of the molecule is COCC(=O)Nc1cccc(NC(=O)C2(C)CCNC2)c1.